The monoisotopic (exact) mass is 258 g/mol. The van der Waals surface area contributed by atoms with Gasteiger partial charge in [0, 0.05) is 35.5 Å². The number of hydrogen-bond donors (Lipinski definition) is 1. The minimum atomic E-state index is -3.69. The van der Waals surface area contributed by atoms with E-state index in [4.69, 9.17) is 10.7 Å². The van der Waals surface area contributed by atoms with Crippen molar-refractivity contribution >= 4 is 39.8 Å². The molecule has 0 aromatic carbocycles. The van der Waals surface area contributed by atoms with E-state index in [1.54, 1.807) is 0 Å². The van der Waals surface area contributed by atoms with E-state index in [2.05, 4.69) is 15.8 Å². The molecular formula is C2H8Cl2N2O4S2. The van der Waals surface area contributed by atoms with Crippen molar-refractivity contribution in [1.29, 1.82) is 0 Å². The quantitative estimate of drug-likeness (QED) is 0.639. The number of nitrogens with two attached hydrogens (primary N) is 1. The van der Waals surface area contributed by atoms with Crippen molar-refractivity contribution in [3.63, 3.8) is 0 Å². The van der Waals surface area contributed by atoms with E-state index >= 15 is 0 Å². The molecule has 0 fully saturated rings. The zero-order valence-corrected chi connectivity index (χ0v) is 9.37. The average Bonchev–Trinajstić information content (AvgIpc) is 1.55. The van der Waals surface area contributed by atoms with Gasteiger partial charge in [0.25, 0.3) is 18.5 Å². The summed E-state index contributed by atoms with van der Waals surface area (Å²) in [7, 11) is 4.64. The third-order valence-corrected chi connectivity index (χ3v) is 2.14. The Morgan fingerprint density at radius 2 is 1.17 bits per heavy atom. The molecular weight excluding hydrogens is 251 g/mol. The lowest BCUT2D eigenvalue weighted by Crippen LogP contribution is -2.15. The van der Waals surface area contributed by atoms with E-state index in [1.165, 1.54) is 14.1 Å². The van der Waals surface area contributed by atoms with Gasteiger partial charge in [-0.3, -0.25) is 0 Å². The highest BCUT2D eigenvalue weighted by Crippen LogP contribution is 1.96. The third-order valence-electron chi connectivity index (χ3n) is 0.436. The van der Waals surface area contributed by atoms with Crippen molar-refractivity contribution < 1.29 is 16.8 Å². The van der Waals surface area contributed by atoms with Gasteiger partial charge in [-0.2, -0.15) is 21.1 Å². The summed E-state index contributed by atoms with van der Waals surface area (Å²) in [4.78, 5) is 0. The molecule has 0 heterocycles. The largest absolute Gasteiger partial charge is 0.299 e. The summed E-state index contributed by atoms with van der Waals surface area (Å²) in [6, 6.07) is 0. The van der Waals surface area contributed by atoms with Gasteiger partial charge in [0.2, 0.25) is 0 Å². The first-order valence-corrected chi connectivity index (χ1v) is 6.93. The van der Waals surface area contributed by atoms with Gasteiger partial charge in [0.15, 0.2) is 0 Å². The molecule has 0 rings (SSSR count). The fourth-order valence-corrected chi connectivity index (χ4v) is 0. The third kappa shape index (κ3) is 22.4. The molecule has 0 aliphatic heterocycles. The molecule has 0 saturated carbocycles. The van der Waals surface area contributed by atoms with Gasteiger partial charge in [-0.25, -0.2) is 5.14 Å². The Morgan fingerprint density at radius 1 is 1.08 bits per heavy atom. The summed E-state index contributed by atoms with van der Waals surface area (Å²) < 4.78 is 39.3. The number of rotatable bonds is 1. The van der Waals surface area contributed by atoms with Crippen LogP contribution < -0.4 is 5.14 Å². The van der Waals surface area contributed by atoms with Crippen LogP contribution in [0.1, 0.15) is 0 Å². The Hall–Kier alpha value is 0.400. The van der Waals surface area contributed by atoms with Gasteiger partial charge in [0.05, 0.1) is 0 Å². The van der Waals surface area contributed by atoms with E-state index in [-0.39, 0.29) is 0 Å². The fraction of sp³-hybridized carbons (Fsp3) is 1.00. The lowest BCUT2D eigenvalue weighted by atomic mass is 11.3. The van der Waals surface area contributed by atoms with Crippen molar-refractivity contribution in [2.24, 2.45) is 5.14 Å². The van der Waals surface area contributed by atoms with Gasteiger partial charge in [-0.1, -0.05) is 0 Å². The van der Waals surface area contributed by atoms with Crippen LogP contribution in [-0.4, -0.2) is 35.2 Å². The lowest BCUT2D eigenvalue weighted by Gasteiger charge is -2.00. The summed E-state index contributed by atoms with van der Waals surface area (Å²) in [6.07, 6.45) is 0. The van der Waals surface area contributed by atoms with Gasteiger partial charge in [-0.15, -0.1) is 0 Å². The van der Waals surface area contributed by atoms with Gasteiger partial charge in [-0.05, 0) is 0 Å². The van der Waals surface area contributed by atoms with Crippen LogP contribution in [0, 0.1) is 0 Å². The molecule has 10 heteroatoms. The lowest BCUT2D eigenvalue weighted by molar-refractivity contribution is 0.537. The summed E-state index contributed by atoms with van der Waals surface area (Å²) in [5.41, 5.74) is 0. The molecule has 76 valence electrons. The molecule has 0 bridgehead atoms. The minimum absolute atomic E-state index is 0.925. The Bertz CT molecular complexity index is 298. The highest BCUT2D eigenvalue weighted by Gasteiger charge is 2.04. The molecule has 2 N–H and O–H groups in total. The van der Waals surface area contributed by atoms with Crippen molar-refractivity contribution in [2.75, 3.05) is 14.1 Å². The first kappa shape index (κ1) is 14.9. The molecule has 0 radical (unpaired) electrons. The SMILES string of the molecule is CN(C)S(=O)(=O)Cl.NS(=O)(=O)Cl. The molecule has 0 aromatic heterocycles. The molecule has 0 atom stereocenters. The van der Waals surface area contributed by atoms with Crippen LogP contribution in [0.2, 0.25) is 0 Å². The number of hydrogen-bond acceptors (Lipinski definition) is 4. The van der Waals surface area contributed by atoms with Crippen LogP contribution >= 0.6 is 21.4 Å². The Kier molecular flexibility index (Phi) is 6.46. The van der Waals surface area contributed by atoms with E-state index in [0.29, 0.717) is 0 Å². The Morgan fingerprint density at radius 3 is 1.17 bits per heavy atom. The maximum absolute atomic E-state index is 10.0. The Labute approximate surface area is 80.3 Å². The average molecular weight is 259 g/mol. The minimum Gasteiger partial charge on any atom is -0.215 e. The van der Waals surface area contributed by atoms with E-state index in [1.807, 2.05) is 0 Å². The van der Waals surface area contributed by atoms with Crippen LogP contribution in [0.25, 0.3) is 0 Å². The van der Waals surface area contributed by atoms with Crippen LogP contribution in [0.15, 0.2) is 0 Å². The van der Waals surface area contributed by atoms with Crippen molar-refractivity contribution in [2.45, 2.75) is 0 Å². The van der Waals surface area contributed by atoms with Crippen molar-refractivity contribution in [3.05, 3.63) is 0 Å². The molecule has 12 heavy (non-hydrogen) atoms. The molecule has 6 nitrogen and oxygen atoms in total. The summed E-state index contributed by atoms with van der Waals surface area (Å²) in [5, 5.41) is 4.09. The topological polar surface area (TPSA) is 97.5 Å². The molecule has 0 amide bonds. The highest BCUT2D eigenvalue weighted by atomic mass is 35.7. The first-order chi connectivity index (χ1) is 4.94. The van der Waals surface area contributed by atoms with E-state index in [0.717, 1.165) is 4.31 Å². The fourth-order valence-electron chi connectivity index (χ4n) is 0. The van der Waals surface area contributed by atoms with Gasteiger partial charge >= 0.3 is 0 Å². The van der Waals surface area contributed by atoms with Gasteiger partial charge in [0.1, 0.15) is 0 Å². The summed E-state index contributed by atoms with van der Waals surface area (Å²) >= 11 is 0. The summed E-state index contributed by atoms with van der Waals surface area (Å²) in [6.45, 7) is 0. The number of halogens is 2. The van der Waals surface area contributed by atoms with Crippen LogP contribution in [0.3, 0.4) is 0 Å². The zero-order valence-electron chi connectivity index (χ0n) is 6.23. The second-order valence-electron chi connectivity index (χ2n) is 1.70. The maximum Gasteiger partial charge on any atom is 0.299 e. The molecule has 0 spiro atoms. The zero-order chi connectivity index (χ0) is 10.6. The van der Waals surface area contributed by atoms with E-state index < -0.39 is 18.5 Å². The second kappa shape index (κ2) is 5.20. The first-order valence-electron chi connectivity index (χ1n) is 2.29. The van der Waals surface area contributed by atoms with Gasteiger partial charge < -0.3 is 0 Å². The highest BCUT2D eigenvalue weighted by molar-refractivity contribution is 8.12. The molecule has 0 aliphatic carbocycles. The number of nitrogens with zero attached hydrogens (tertiary/aromatic N) is 1. The summed E-state index contributed by atoms with van der Waals surface area (Å²) in [5.74, 6) is 0. The van der Waals surface area contributed by atoms with Crippen molar-refractivity contribution in [1.82, 2.24) is 4.31 Å². The Balaban J connectivity index is 0. The molecule has 0 unspecified atom stereocenters. The smallest absolute Gasteiger partial charge is 0.215 e. The standard InChI is InChI=1S/C2H6ClNO2S.ClH2NO2S/c1-4(2)7(3,5)6;1-5(2,3)4/h1-2H3;(H2,2,3,4). The van der Waals surface area contributed by atoms with Crippen LogP contribution in [-0.2, 0) is 18.5 Å². The predicted molar refractivity (Wildman–Crippen MR) is 47.4 cm³/mol. The maximum atomic E-state index is 10.0. The van der Waals surface area contributed by atoms with Crippen LogP contribution in [0.4, 0.5) is 0 Å². The molecule has 0 aliphatic rings. The molecule has 0 saturated heterocycles. The molecule has 0 aromatic rings. The predicted octanol–water partition coefficient (Wildman–Crippen LogP) is -0.540. The normalized spacial score (nSPS) is 12.2. The van der Waals surface area contributed by atoms with E-state index in [9.17, 15) is 16.8 Å². The second-order valence-corrected chi connectivity index (χ2v) is 6.67. The van der Waals surface area contributed by atoms with Crippen molar-refractivity contribution in [3.8, 4) is 0 Å². The van der Waals surface area contributed by atoms with Crippen LogP contribution in [0.5, 0.6) is 0 Å².